The average molecular weight is 367 g/mol. The molecule has 0 bridgehead atoms. The Morgan fingerprint density at radius 1 is 1.16 bits per heavy atom. The molecule has 1 saturated carbocycles. The van der Waals surface area contributed by atoms with Gasteiger partial charge < -0.3 is 10.1 Å². The third kappa shape index (κ3) is 4.95. The van der Waals surface area contributed by atoms with E-state index in [-0.39, 0.29) is 0 Å². The van der Waals surface area contributed by atoms with E-state index in [0.717, 1.165) is 12.0 Å². The summed E-state index contributed by atoms with van der Waals surface area (Å²) >= 11 is 5.89. The smallest absolute Gasteiger partial charge is 0.321 e. The second kappa shape index (κ2) is 7.44. The summed E-state index contributed by atoms with van der Waals surface area (Å²) in [7, 11) is 0. The number of urea groups is 1. The molecule has 0 aromatic heterocycles. The number of hydrogen-bond donors (Lipinski definition) is 2. The molecule has 3 amide bonds. The molecule has 2 N–H and O–H groups in total. The summed E-state index contributed by atoms with van der Waals surface area (Å²) in [6.07, 6.45) is 2.25. The van der Waals surface area contributed by atoms with Crippen molar-refractivity contribution < 1.29 is 19.1 Å². The summed E-state index contributed by atoms with van der Waals surface area (Å²) in [5, 5.41) is 5.33. The van der Waals surface area contributed by atoms with E-state index in [0.29, 0.717) is 17.9 Å². The molecule has 0 unspecified atom stereocenters. The third-order valence-electron chi connectivity index (χ3n) is 4.07. The van der Waals surface area contributed by atoms with E-state index in [9.17, 15) is 14.4 Å². The van der Waals surface area contributed by atoms with Crippen LogP contribution in [0, 0.1) is 0 Å². The van der Waals surface area contributed by atoms with Gasteiger partial charge in [-0.15, -0.1) is 0 Å². The number of nitrogens with one attached hydrogen (secondary N) is 2. The number of esters is 1. The van der Waals surface area contributed by atoms with Crippen LogP contribution in [0.5, 0.6) is 0 Å². The first kappa shape index (κ1) is 19.2. The van der Waals surface area contributed by atoms with Gasteiger partial charge in [0.05, 0.1) is 5.41 Å². The SMILES string of the molecule is CC(C)(C)NC(=O)NC(=O)COC(=O)C1(c2ccc(Cl)cc2)CCC1. The third-order valence-corrected chi connectivity index (χ3v) is 4.32. The Kier molecular flexibility index (Phi) is 5.72. The molecule has 7 heteroatoms. The molecule has 0 atom stereocenters. The molecule has 0 radical (unpaired) electrons. The fourth-order valence-electron chi connectivity index (χ4n) is 2.71. The summed E-state index contributed by atoms with van der Waals surface area (Å²) in [6, 6.07) is 6.45. The number of halogens is 1. The summed E-state index contributed by atoms with van der Waals surface area (Å²) in [6.45, 7) is 4.89. The molecule has 0 heterocycles. The predicted octanol–water partition coefficient (Wildman–Crippen LogP) is 2.93. The topological polar surface area (TPSA) is 84.5 Å². The quantitative estimate of drug-likeness (QED) is 0.802. The van der Waals surface area contributed by atoms with Gasteiger partial charge in [-0.05, 0) is 51.3 Å². The summed E-state index contributed by atoms with van der Waals surface area (Å²) in [4.78, 5) is 35.9. The Bertz CT molecular complexity index is 661. The first-order chi connectivity index (χ1) is 11.6. The van der Waals surface area contributed by atoms with Crippen molar-refractivity contribution in [1.29, 1.82) is 0 Å². The second-order valence-corrected chi connectivity index (χ2v) is 7.71. The van der Waals surface area contributed by atoms with Crippen LogP contribution in [-0.2, 0) is 19.7 Å². The van der Waals surface area contributed by atoms with E-state index < -0.39 is 35.5 Å². The molecule has 0 saturated heterocycles. The molecule has 1 aromatic rings. The molecular weight excluding hydrogens is 344 g/mol. The van der Waals surface area contributed by atoms with Gasteiger partial charge in [0.25, 0.3) is 5.91 Å². The van der Waals surface area contributed by atoms with Crippen LogP contribution in [0.2, 0.25) is 5.02 Å². The molecule has 1 aromatic carbocycles. The van der Waals surface area contributed by atoms with E-state index in [1.165, 1.54) is 0 Å². The lowest BCUT2D eigenvalue weighted by molar-refractivity contribution is -0.157. The molecule has 1 aliphatic rings. The first-order valence-corrected chi connectivity index (χ1v) is 8.55. The summed E-state index contributed by atoms with van der Waals surface area (Å²) in [5.74, 6) is -1.12. The van der Waals surface area contributed by atoms with Crippen LogP contribution in [0.1, 0.15) is 45.6 Å². The Morgan fingerprint density at radius 2 is 1.76 bits per heavy atom. The maximum absolute atomic E-state index is 12.5. The average Bonchev–Trinajstić information content (AvgIpc) is 2.43. The van der Waals surface area contributed by atoms with Gasteiger partial charge >= 0.3 is 12.0 Å². The van der Waals surface area contributed by atoms with Crippen molar-refractivity contribution in [1.82, 2.24) is 10.6 Å². The fourth-order valence-corrected chi connectivity index (χ4v) is 2.84. The van der Waals surface area contributed by atoms with Gasteiger partial charge in [0, 0.05) is 10.6 Å². The van der Waals surface area contributed by atoms with Crippen LogP contribution in [0.3, 0.4) is 0 Å². The van der Waals surface area contributed by atoms with E-state index in [2.05, 4.69) is 10.6 Å². The van der Waals surface area contributed by atoms with Crippen molar-refractivity contribution in [3.8, 4) is 0 Å². The Labute approximate surface area is 152 Å². The Morgan fingerprint density at radius 3 is 2.24 bits per heavy atom. The number of carbonyl (C=O) groups is 3. The lowest BCUT2D eigenvalue weighted by Crippen LogP contribution is -2.50. The minimum Gasteiger partial charge on any atom is -0.455 e. The molecule has 1 aliphatic carbocycles. The van der Waals surface area contributed by atoms with Gasteiger partial charge in [0.15, 0.2) is 6.61 Å². The number of ether oxygens (including phenoxy) is 1. The largest absolute Gasteiger partial charge is 0.455 e. The van der Waals surface area contributed by atoms with Crippen molar-refractivity contribution in [3.63, 3.8) is 0 Å². The summed E-state index contributed by atoms with van der Waals surface area (Å²) in [5.41, 5.74) is -0.358. The van der Waals surface area contributed by atoms with Crippen LogP contribution < -0.4 is 10.6 Å². The van der Waals surface area contributed by atoms with Crippen LogP contribution in [0.4, 0.5) is 4.79 Å². The van der Waals surface area contributed by atoms with Crippen molar-refractivity contribution in [2.24, 2.45) is 0 Å². The van der Waals surface area contributed by atoms with Crippen LogP contribution in [0.15, 0.2) is 24.3 Å². The first-order valence-electron chi connectivity index (χ1n) is 8.18. The van der Waals surface area contributed by atoms with E-state index in [4.69, 9.17) is 16.3 Å². The molecule has 1 fully saturated rings. The maximum Gasteiger partial charge on any atom is 0.321 e. The number of hydrogen-bond acceptors (Lipinski definition) is 4. The highest BCUT2D eigenvalue weighted by molar-refractivity contribution is 6.30. The van der Waals surface area contributed by atoms with Gasteiger partial charge in [-0.2, -0.15) is 0 Å². The molecular formula is C18H23ClN2O4. The normalized spacial score (nSPS) is 15.7. The number of imide groups is 1. The van der Waals surface area contributed by atoms with Crippen LogP contribution in [-0.4, -0.2) is 30.1 Å². The van der Waals surface area contributed by atoms with Crippen molar-refractivity contribution in [2.45, 2.75) is 51.0 Å². The zero-order valence-corrected chi connectivity index (χ0v) is 15.4. The molecule has 0 aliphatic heterocycles. The van der Waals surface area contributed by atoms with Gasteiger partial charge in [-0.25, -0.2) is 4.79 Å². The second-order valence-electron chi connectivity index (χ2n) is 7.27. The highest BCUT2D eigenvalue weighted by Gasteiger charge is 2.47. The number of rotatable bonds is 4. The number of amides is 3. The summed E-state index contributed by atoms with van der Waals surface area (Å²) < 4.78 is 5.16. The molecule has 2 rings (SSSR count). The van der Waals surface area contributed by atoms with E-state index in [1.807, 2.05) is 0 Å². The van der Waals surface area contributed by atoms with Crippen LogP contribution in [0.25, 0.3) is 0 Å². The number of benzene rings is 1. The van der Waals surface area contributed by atoms with Crippen molar-refractivity contribution in [2.75, 3.05) is 6.61 Å². The molecule has 136 valence electrons. The predicted molar refractivity (Wildman–Crippen MR) is 94.4 cm³/mol. The minimum atomic E-state index is -0.724. The lowest BCUT2D eigenvalue weighted by Gasteiger charge is -2.39. The maximum atomic E-state index is 12.5. The zero-order chi connectivity index (χ0) is 18.7. The van der Waals surface area contributed by atoms with Gasteiger partial charge in [-0.1, -0.05) is 30.2 Å². The van der Waals surface area contributed by atoms with Crippen molar-refractivity contribution in [3.05, 3.63) is 34.9 Å². The van der Waals surface area contributed by atoms with E-state index >= 15 is 0 Å². The molecule has 6 nitrogen and oxygen atoms in total. The molecule has 25 heavy (non-hydrogen) atoms. The van der Waals surface area contributed by atoms with Crippen molar-refractivity contribution >= 4 is 29.5 Å². The van der Waals surface area contributed by atoms with Gasteiger partial charge in [-0.3, -0.25) is 14.9 Å². The Hall–Kier alpha value is -2.08. The van der Waals surface area contributed by atoms with E-state index in [1.54, 1.807) is 45.0 Å². The number of carbonyl (C=O) groups excluding carboxylic acids is 3. The highest BCUT2D eigenvalue weighted by atomic mass is 35.5. The van der Waals surface area contributed by atoms with Gasteiger partial charge in [0.1, 0.15) is 0 Å². The minimum absolute atomic E-state index is 0.451. The zero-order valence-electron chi connectivity index (χ0n) is 14.6. The highest BCUT2D eigenvalue weighted by Crippen LogP contribution is 2.45. The standard InChI is InChI=1S/C18H23ClN2O4/c1-17(2,3)21-16(24)20-14(22)11-25-15(23)18(9-4-10-18)12-5-7-13(19)8-6-12/h5-8H,4,9-11H2,1-3H3,(H2,20,21,22,24). The lowest BCUT2D eigenvalue weighted by atomic mass is 9.64. The van der Waals surface area contributed by atoms with Crippen LogP contribution >= 0.6 is 11.6 Å². The molecule has 0 spiro atoms. The fraction of sp³-hybridized carbons (Fsp3) is 0.500. The Balaban J connectivity index is 1.91. The van der Waals surface area contributed by atoms with Gasteiger partial charge in [0.2, 0.25) is 0 Å². The monoisotopic (exact) mass is 366 g/mol.